The summed E-state index contributed by atoms with van der Waals surface area (Å²) in [4.78, 5) is 11.5. The first-order valence-electron chi connectivity index (χ1n) is 6.83. The van der Waals surface area contributed by atoms with Crippen LogP contribution in [0.25, 0.3) is 0 Å². The monoisotopic (exact) mass is 314 g/mol. The molecular weight excluding hydrogens is 296 g/mol. The van der Waals surface area contributed by atoms with E-state index in [0.29, 0.717) is 0 Å². The molecule has 1 aliphatic carbocycles. The predicted octanol–water partition coefficient (Wildman–Crippen LogP) is 2.40. The van der Waals surface area contributed by atoms with Gasteiger partial charge in [0.1, 0.15) is 0 Å². The number of ether oxygens (including phenoxy) is 2. The van der Waals surface area contributed by atoms with Crippen LogP contribution in [0.3, 0.4) is 0 Å². The summed E-state index contributed by atoms with van der Waals surface area (Å²) >= 11 is 0. The fourth-order valence-corrected chi connectivity index (χ4v) is 2.74. The Morgan fingerprint density at radius 2 is 1.76 bits per heavy atom. The summed E-state index contributed by atoms with van der Waals surface area (Å²) in [5.41, 5.74) is 0.203. The third-order valence-electron chi connectivity index (χ3n) is 3.43. The molecule has 1 aromatic carbocycles. The topological polar surface area (TPSA) is 89.9 Å². The Balaban J connectivity index is 1.83. The van der Waals surface area contributed by atoms with Crippen molar-refractivity contribution in [3.8, 4) is 0 Å². The van der Waals surface area contributed by atoms with Crippen LogP contribution in [0.4, 0.5) is 0 Å². The van der Waals surface area contributed by atoms with Crippen molar-refractivity contribution in [3.05, 3.63) is 29.8 Å². The van der Waals surface area contributed by atoms with Crippen molar-refractivity contribution in [1.29, 1.82) is 0 Å². The van der Waals surface area contributed by atoms with Crippen molar-refractivity contribution >= 4 is 16.1 Å². The van der Waals surface area contributed by atoms with Gasteiger partial charge in [0.05, 0.1) is 16.6 Å². The van der Waals surface area contributed by atoms with Crippen LogP contribution in [0.5, 0.6) is 0 Å². The minimum absolute atomic E-state index is 0.108. The molecule has 0 unspecified atom stereocenters. The Bertz CT molecular complexity index is 572. The van der Waals surface area contributed by atoms with E-state index in [1.54, 1.807) is 0 Å². The molecular formula is C14H18O6S. The number of carbonyl (C=O) groups is 1. The van der Waals surface area contributed by atoms with Crippen LogP contribution < -0.4 is 0 Å². The van der Waals surface area contributed by atoms with Gasteiger partial charge in [0, 0.05) is 0 Å². The van der Waals surface area contributed by atoms with Gasteiger partial charge in [-0.15, -0.1) is 0 Å². The molecule has 7 heteroatoms. The van der Waals surface area contributed by atoms with Crippen LogP contribution in [-0.4, -0.2) is 31.8 Å². The van der Waals surface area contributed by atoms with E-state index in [0.717, 1.165) is 37.8 Å². The van der Waals surface area contributed by atoms with Crippen LogP contribution in [0.2, 0.25) is 0 Å². The van der Waals surface area contributed by atoms with E-state index in [4.69, 9.17) is 14.0 Å². The van der Waals surface area contributed by atoms with E-state index in [-0.39, 0.29) is 23.4 Å². The molecule has 116 valence electrons. The lowest BCUT2D eigenvalue weighted by Gasteiger charge is -2.21. The standard InChI is InChI=1S/C14H18O6S/c15-14(20-10-19-12-4-2-1-3-5-12)11-6-8-13(9-7-11)21(16,17)18/h6-9,12H,1-5,10H2,(H,16,17,18). The maximum absolute atomic E-state index is 11.7. The highest BCUT2D eigenvalue weighted by atomic mass is 32.2. The van der Waals surface area contributed by atoms with Crippen molar-refractivity contribution in [1.82, 2.24) is 0 Å². The molecule has 1 aromatic rings. The fraction of sp³-hybridized carbons (Fsp3) is 0.500. The average Bonchev–Trinajstić information content (AvgIpc) is 2.47. The van der Waals surface area contributed by atoms with Crippen LogP contribution in [0, 0.1) is 0 Å². The molecule has 2 rings (SSSR count). The highest BCUT2D eigenvalue weighted by Crippen LogP contribution is 2.20. The average molecular weight is 314 g/mol. The highest BCUT2D eigenvalue weighted by molar-refractivity contribution is 7.85. The fourth-order valence-electron chi connectivity index (χ4n) is 2.26. The van der Waals surface area contributed by atoms with Gasteiger partial charge in [0.25, 0.3) is 10.1 Å². The van der Waals surface area contributed by atoms with Gasteiger partial charge in [0.2, 0.25) is 0 Å². The summed E-state index contributed by atoms with van der Waals surface area (Å²) in [6.07, 6.45) is 5.61. The zero-order valence-electron chi connectivity index (χ0n) is 11.5. The number of benzene rings is 1. The zero-order chi connectivity index (χ0) is 15.3. The van der Waals surface area contributed by atoms with Crippen molar-refractivity contribution in [3.63, 3.8) is 0 Å². The van der Waals surface area contributed by atoms with Crippen molar-refractivity contribution in [2.45, 2.75) is 43.1 Å². The minimum atomic E-state index is -4.25. The molecule has 0 amide bonds. The molecule has 21 heavy (non-hydrogen) atoms. The van der Waals surface area contributed by atoms with Gasteiger partial charge in [-0.2, -0.15) is 8.42 Å². The molecule has 1 aliphatic rings. The molecule has 0 aliphatic heterocycles. The van der Waals surface area contributed by atoms with Gasteiger partial charge < -0.3 is 9.47 Å². The largest absolute Gasteiger partial charge is 0.435 e. The van der Waals surface area contributed by atoms with Gasteiger partial charge in [-0.1, -0.05) is 19.3 Å². The summed E-state index contributed by atoms with van der Waals surface area (Å²) in [6, 6.07) is 4.86. The maximum atomic E-state index is 11.7. The smallest absolute Gasteiger partial charge is 0.340 e. The highest BCUT2D eigenvalue weighted by Gasteiger charge is 2.15. The van der Waals surface area contributed by atoms with Gasteiger partial charge >= 0.3 is 5.97 Å². The Morgan fingerprint density at radius 3 is 2.33 bits per heavy atom. The lowest BCUT2D eigenvalue weighted by atomic mass is 9.98. The van der Waals surface area contributed by atoms with E-state index >= 15 is 0 Å². The van der Waals surface area contributed by atoms with E-state index in [1.807, 2.05) is 0 Å². The van der Waals surface area contributed by atoms with E-state index < -0.39 is 16.1 Å². The summed E-state index contributed by atoms with van der Waals surface area (Å²) in [5, 5.41) is 0. The van der Waals surface area contributed by atoms with Crippen molar-refractivity contribution in [2.24, 2.45) is 0 Å². The first-order chi connectivity index (χ1) is 9.97. The van der Waals surface area contributed by atoms with E-state index in [9.17, 15) is 13.2 Å². The van der Waals surface area contributed by atoms with Crippen LogP contribution in [0.1, 0.15) is 42.5 Å². The maximum Gasteiger partial charge on any atom is 0.340 e. The zero-order valence-corrected chi connectivity index (χ0v) is 12.3. The summed E-state index contributed by atoms with van der Waals surface area (Å²) in [6.45, 7) is -0.108. The number of rotatable bonds is 5. The quantitative estimate of drug-likeness (QED) is 0.510. The normalized spacial score (nSPS) is 16.6. The Morgan fingerprint density at radius 1 is 1.14 bits per heavy atom. The molecule has 1 N–H and O–H groups in total. The Hall–Kier alpha value is -1.44. The molecule has 0 aromatic heterocycles. The second-order valence-electron chi connectivity index (χ2n) is 4.98. The number of esters is 1. The molecule has 0 atom stereocenters. The third kappa shape index (κ3) is 4.80. The first-order valence-corrected chi connectivity index (χ1v) is 8.27. The Labute approximate surface area is 123 Å². The van der Waals surface area contributed by atoms with E-state index in [2.05, 4.69) is 0 Å². The number of hydrogen-bond acceptors (Lipinski definition) is 5. The number of hydrogen-bond donors (Lipinski definition) is 1. The van der Waals surface area contributed by atoms with Crippen LogP contribution in [-0.2, 0) is 19.6 Å². The molecule has 1 saturated carbocycles. The Kier molecular flexibility index (Phi) is 5.33. The van der Waals surface area contributed by atoms with Crippen LogP contribution in [0.15, 0.2) is 29.2 Å². The molecule has 0 spiro atoms. The van der Waals surface area contributed by atoms with Gasteiger partial charge in [-0.05, 0) is 37.1 Å². The van der Waals surface area contributed by atoms with Gasteiger partial charge in [-0.3, -0.25) is 4.55 Å². The summed E-state index contributed by atoms with van der Waals surface area (Å²) < 4.78 is 41.1. The lowest BCUT2D eigenvalue weighted by molar-refractivity contribution is -0.0749. The minimum Gasteiger partial charge on any atom is -0.435 e. The summed E-state index contributed by atoms with van der Waals surface area (Å²) in [5.74, 6) is -0.590. The molecule has 1 fully saturated rings. The van der Waals surface area contributed by atoms with Gasteiger partial charge in [0.15, 0.2) is 6.79 Å². The van der Waals surface area contributed by atoms with E-state index in [1.165, 1.54) is 18.6 Å². The second-order valence-corrected chi connectivity index (χ2v) is 6.40. The van der Waals surface area contributed by atoms with Crippen LogP contribution >= 0.6 is 0 Å². The second kappa shape index (κ2) is 7.02. The molecule has 6 nitrogen and oxygen atoms in total. The SMILES string of the molecule is O=C(OCOC1CCCCC1)c1ccc(S(=O)(=O)O)cc1. The molecule has 0 bridgehead atoms. The molecule has 0 saturated heterocycles. The van der Waals surface area contributed by atoms with Crippen molar-refractivity contribution in [2.75, 3.05) is 6.79 Å². The summed E-state index contributed by atoms with van der Waals surface area (Å²) in [7, 11) is -4.25. The third-order valence-corrected chi connectivity index (χ3v) is 4.30. The molecule has 0 radical (unpaired) electrons. The predicted molar refractivity (Wildman–Crippen MR) is 74.5 cm³/mol. The number of carbonyl (C=O) groups excluding carboxylic acids is 1. The van der Waals surface area contributed by atoms with Gasteiger partial charge in [-0.25, -0.2) is 4.79 Å². The molecule has 0 heterocycles. The lowest BCUT2D eigenvalue weighted by Crippen LogP contribution is -2.19. The first kappa shape index (κ1) is 15.9. The van der Waals surface area contributed by atoms with Crippen molar-refractivity contribution < 1.29 is 27.2 Å².